The maximum absolute atomic E-state index is 9.60. The van der Waals surface area contributed by atoms with Crippen LogP contribution in [-0.4, -0.2) is 48.7 Å². The molecule has 2 atom stereocenters. The van der Waals surface area contributed by atoms with Gasteiger partial charge in [0.1, 0.15) is 10.8 Å². The van der Waals surface area contributed by atoms with Crippen LogP contribution in [0.4, 0.5) is 11.8 Å². The Morgan fingerprint density at radius 1 is 0.974 bits per heavy atom. The summed E-state index contributed by atoms with van der Waals surface area (Å²) in [5.41, 5.74) is 6.57. The summed E-state index contributed by atoms with van der Waals surface area (Å²) in [6.45, 7) is 9.77. The van der Waals surface area contributed by atoms with Gasteiger partial charge in [0.2, 0.25) is 5.95 Å². The average Bonchev–Trinajstić information content (AvgIpc) is 3.47. The summed E-state index contributed by atoms with van der Waals surface area (Å²) in [6.07, 6.45) is 3.01. The van der Waals surface area contributed by atoms with Crippen molar-refractivity contribution in [2.24, 2.45) is 5.92 Å². The number of aryl methyl sites for hydroxylation is 3. The summed E-state index contributed by atoms with van der Waals surface area (Å²) in [4.78, 5) is 14.6. The fourth-order valence-electron chi connectivity index (χ4n) is 4.91. The molecule has 1 fully saturated rings. The van der Waals surface area contributed by atoms with Crippen LogP contribution in [0, 0.1) is 26.7 Å². The van der Waals surface area contributed by atoms with E-state index in [1.54, 1.807) is 11.3 Å². The first-order chi connectivity index (χ1) is 18.5. The number of aliphatic hydroxyl groups is 3. The second-order valence-electron chi connectivity index (χ2n) is 10.9. The Morgan fingerprint density at radius 2 is 1.67 bits per heavy atom. The quantitative estimate of drug-likeness (QED) is 0.190. The number of para-hydroxylation sites is 1. The maximum atomic E-state index is 9.60. The molecule has 0 radical (unpaired) electrons. The van der Waals surface area contributed by atoms with E-state index in [0.717, 1.165) is 51.6 Å². The Balaban J connectivity index is 0.000000648. The molecule has 2 aromatic heterocycles. The number of fused-ring (bicyclic) bond motifs is 1. The fraction of sp³-hybridized carbons (Fsp3) is 0.433. The number of nitrogens with zero attached hydrogens (tertiary/aromatic N) is 3. The number of thiazole rings is 1. The first kappa shape index (κ1) is 28.9. The van der Waals surface area contributed by atoms with Crippen LogP contribution in [0.5, 0.6) is 0 Å². The van der Waals surface area contributed by atoms with Gasteiger partial charge in [0.05, 0.1) is 21.5 Å². The monoisotopic (exact) mass is 549 g/mol. The van der Waals surface area contributed by atoms with Crippen molar-refractivity contribution in [3.63, 3.8) is 0 Å². The average molecular weight is 550 g/mol. The molecule has 0 bridgehead atoms. The van der Waals surface area contributed by atoms with Gasteiger partial charge in [-0.05, 0) is 77.5 Å². The third-order valence-electron chi connectivity index (χ3n) is 6.47. The molecule has 9 heteroatoms. The summed E-state index contributed by atoms with van der Waals surface area (Å²) in [6, 6.07) is 15.0. The Morgan fingerprint density at radius 3 is 2.31 bits per heavy atom. The Labute approximate surface area is 234 Å². The molecule has 2 heterocycles. The minimum Gasteiger partial charge on any atom is -0.396 e. The molecule has 0 spiro atoms. The minimum absolute atomic E-state index is 0.244. The van der Waals surface area contributed by atoms with E-state index in [4.69, 9.17) is 25.2 Å². The molecule has 39 heavy (non-hydrogen) atoms. The molecular formula is C30H39N5O3S. The lowest BCUT2D eigenvalue weighted by molar-refractivity contribution is -0.127. The molecule has 208 valence electrons. The normalized spacial score (nSPS) is 17.1. The molecule has 5 N–H and O–H groups in total. The van der Waals surface area contributed by atoms with E-state index >= 15 is 0 Å². The van der Waals surface area contributed by atoms with Gasteiger partial charge in [-0.1, -0.05) is 41.5 Å². The topological polar surface area (TPSA) is 123 Å². The third-order valence-corrected chi connectivity index (χ3v) is 7.52. The van der Waals surface area contributed by atoms with Crippen molar-refractivity contribution in [1.82, 2.24) is 15.0 Å². The van der Waals surface area contributed by atoms with E-state index < -0.39 is 5.79 Å². The van der Waals surface area contributed by atoms with Crippen LogP contribution in [0.25, 0.3) is 20.8 Å². The number of nitrogens with one attached hydrogen (secondary N) is 2. The Kier molecular flexibility index (Phi) is 9.17. The molecule has 0 saturated heterocycles. The molecule has 2 aromatic carbocycles. The first-order valence-electron chi connectivity index (χ1n) is 13.4. The van der Waals surface area contributed by atoms with Crippen molar-refractivity contribution in [1.29, 1.82) is 0 Å². The first-order valence-corrected chi connectivity index (χ1v) is 14.2. The van der Waals surface area contributed by atoms with E-state index in [9.17, 15) is 5.11 Å². The highest BCUT2D eigenvalue weighted by Crippen LogP contribution is 2.37. The molecule has 0 aliphatic heterocycles. The lowest BCUT2D eigenvalue weighted by Gasteiger charge is -2.18. The molecule has 5 rings (SSSR count). The van der Waals surface area contributed by atoms with E-state index in [0.29, 0.717) is 18.4 Å². The number of benzene rings is 2. The predicted molar refractivity (Wildman–Crippen MR) is 159 cm³/mol. The van der Waals surface area contributed by atoms with Crippen LogP contribution in [-0.2, 0) is 6.54 Å². The van der Waals surface area contributed by atoms with Crippen molar-refractivity contribution in [3.05, 3.63) is 64.8 Å². The van der Waals surface area contributed by atoms with Gasteiger partial charge in [0.15, 0.2) is 5.79 Å². The number of aliphatic hydroxyl groups excluding tert-OH is 1. The standard InChI is InChI=1S/C27H31N5OS.C3H8O2/c1-16-10-17(2)12-20(11-16)14-28-27-29-18(3)24(26-31-22-6-4-5-7-23(22)34-26)25(32-27)30-21-9-8-19(13-21)15-33;1-3(2,4)5/h4-7,10-12,19,21,33H,8-9,13-15H2,1-3H3,(H2,28,29,30,32);4-5H,1-2H3. The summed E-state index contributed by atoms with van der Waals surface area (Å²) in [5.74, 6) is 0.285. The zero-order valence-electron chi connectivity index (χ0n) is 23.3. The van der Waals surface area contributed by atoms with Crippen LogP contribution < -0.4 is 10.6 Å². The molecule has 2 unspecified atom stereocenters. The van der Waals surface area contributed by atoms with Crippen molar-refractivity contribution in [2.75, 3.05) is 17.2 Å². The summed E-state index contributed by atoms with van der Waals surface area (Å²) in [5, 5.41) is 33.8. The van der Waals surface area contributed by atoms with E-state index in [1.807, 2.05) is 25.1 Å². The number of aromatic nitrogens is 3. The van der Waals surface area contributed by atoms with Crippen molar-refractivity contribution >= 4 is 33.3 Å². The lowest BCUT2D eigenvalue weighted by atomic mass is 10.1. The van der Waals surface area contributed by atoms with Gasteiger partial charge in [-0.25, -0.2) is 9.97 Å². The van der Waals surface area contributed by atoms with Crippen molar-refractivity contribution in [3.8, 4) is 10.6 Å². The van der Waals surface area contributed by atoms with Crippen LogP contribution in [0.1, 0.15) is 55.5 Å². The lowest BCUT2D eigenvalue weighted by Crippen LogP contribution is -2.19. The smallest absolute Gasteiger partial charge is 0.225 e. The number of hydrogen-bond donors (Lipinski definition) is 5. The number of anilines is 2. The zero-order chi connectivity index (χ0) is 28.2. The second-order valence-corrected chi connectivity index (χ2v) is 11.9. The van der Waals surface area contributed by atoms with Crippen LogP contribution in [0.15, 0.2) is 42.5 Å². The molecule has 1 saturated carbocycles. The van der Waals surface area contributed by atoms with Crippen LogP contribution >= 0.6 is 11.3 Å². The van der Waals surface area contributed by atoms with Gasteiger partial charge in [-0.15, -0.1) is 11.3 Å². The van der Waals surface area contributed by atoms with E-state index in [2.05, 4.69) is 48.7 Å². The van der Waals surface area contributed by atoms with E-state index in [1.165, 1.54) is 30.5 Å². The van der Waals surface area contributed by atoms with Gasteiger partial charge in [0, 0.05) is 19.2 Å². The van der Waals surface area contributed by atoms with Crippen molar-refractivity contribution in [2.45, 2.75) is 72.3 Å². The molecule has 8 nitrogen and oxygen atoms in total. The van der Waals surface area contributed by atoms with Gasteiger partial charge < -0.3 is 26.0 Å². The SMILES string of the molecule is CC(C)(O)O.Cc1cc(C)cc(CNc2nc(C)c(-c3nc4ccccc4s3)c(NC3CCC(CO)C3)n2)c1. The molecule has 1 aliphatic carbocycles. The Hall–Kier alpha value is -3.11. The van der Waals surface area contributed by atoms with Gasteiger partial charge in [-0.2, -0.15) is 4.98 Å². The Bertz CT molecular complexity index is 1360. The second kappa shape index (κ2) is 12.4. The van der Waals surface area contributed by atoms with Crippen LogP contribution in [0.3, 0.4) is 0 Å². The van der Waals surface area contributed by atoms with Crippen molar-refractivity contribution < 1.29 is 15.3 Å². The molecule has 1 aliphatic rings. The summed E-state index contributed by atoms with van der Waals surface area (Å²) < 4.78 is 1.15. The minimum atomic E-state index is -1.50. The highest BCUT2D eigenvalue weighted by molar-refractivity contribution is 7.21. The van der Waals surface area contributed by atoms with Gasteiger partial charge in [-0.3, -0.25) is 0 Å². The van der Waals surface area contributed by atoms with Crippen LogP contribution in [0.2, 0.25) is 0 Å². The molecular weight excluding hydrogens is 510 g/mol. The van der Waals surface area contributed by atoms with E-state index in [-0.39, 0.29) is 12.6 Å². The third kappa shape index (κ3) is 8.19. The predicted octanol–water partition coefficient (Wildman–Crippen LogP) is 5.57. The maximum Gasteiger partial charge on any atom is 0.225 e. The highest BCUT2D eigenvalue weighted by atomic mass is 32.1. The highest BCUT2D eigenvalue weighted by Gasteiger charge is 2.26. The largest absolute Gasteiger partial charge is 0.396 e. The summed E-state index contributed by atoms with van der Waals surface area (Å²) in [7, 11) is 0. The zero-order valence-corrected chi connectivity index (χ0v) is 24.1. The van der Waals surface area contributed by atoms with Gasteiger partial charge in [0.25, 0.3) is 0 Å². The number of hydrogen-bond acceptors (Lipinski definition) is 9. The fourth-order valence-corrected chi connectivity index (χ4v) is 5.97. The van der Waals surface area contributed by atoms with Gasteiger partial charge >= 0.3 is 0 Å². The molecule has 0 amide bonds. The molecule has 4 aromatic rings. The number of rotatable bonds is 7. The summed E-state index contributed by atoms with van der Waals surface area (Å²) >= 11 is 1.67.